The highest BCUT2D eigenvalue weighted by Gasteiger charge is 2.21. The van der Waals surface area contributed by atoms with Crippen LogP contribution in [0.5, 0.6) is 5.75 Å². The molecule has 0 bridgehead atoms. The minimum absolute atomic E-state index is 0.0330. The van der Waals surface area contributed by atoms with Crippen molar-refractivity contribution in [2.24, 2.45) is 0 Å². The summed E-state index contributed by atoms with van der Waals surface area (Å²) in [5.74, 6) is 0.0330. The van der Waals surface area contributed by atoms with Crippen LogP contribution in [0.2, 0.25) is 5.02 Å². The molecule has 0 fully saturated rings. The van der Waals surface area contributed by atoms with E-state index in [1.54, 1.807) is 6.07 Å². The van der Waals surface area contributed by atoms with Gasteiger partial charge >= 0.3 is 0 Å². The molecule has 0 saturated carbocycles. The second kappa shape index (κ2) is 6.87. The molecule has 0 atom stereocenters. The molecule has 0 heterocycles. The number of halogens is 4. The normalized spacial score (nSPS) is 11.4. The van der Waals surface area contributed by atoms with E-state index in [-0.39, 0.29) is 22.3 Å². The van der Waals surface area contributed by atoms with E-state index in [0.29, 0.717) is 4.47 Å². The van der Waals surface area contributed by atoms with Gasteiger partial charge in [-0.25, -0.2) is 8.42 Å². The first-order valence-corrected chi connectivity index (χ1v) is 9.86. The molecule has 0 radical (unpaired) electrons. The van der Waals surface area contributed by atoms with Gasteiger partial charge in [-0.05, 0) is 18.2 Å². The first-order valence-electron chi connectivity index (χ1n) is 5.59. The van der Waals surface area contributed by atoms with Crippen LogP contribution in [-0.4, -0.2) is 8.42 Å². The van der Waals surface area contributed by atoms with Gasteiger partial charge in [0.15, 0.2) is 5.75 Å². The Morgan fingerprint density at radius 3 is 2.43 bits per heavy atom. The predicted molar refractivity (Wildman–Crippen MR) is 90.7 cm³/mol. The number of hydrogen-bond donors (Lipinski definition) is 0. The van der Waals surface area contributed by atoms with Crippen molar-refractivity contribution in [1.82, 2.24) is 0 Å². The van der Waals surface area contributed by atoms with E-state index in [0.717, 1.165) is 10.0 Å². The second-order valence-corrected chi connectivity index (χ2v) is 8.74. The second-order valence-electron chi connectivity index (χ2n) is 4.03. The average Bonchev–Trinajstić information content (AvgIpc) is 2.37. The maximum Gasteiger partial charge on any atom is 0.265 e. The van der Waals surface area contributed by atoms with Crippen LogP contribution < -0.4 is 4.74 Å². The van der Waals surface area contributed by atoms with Crippen LogP contribution in [0, 0.1) is 0 Å². The largest absolute Gasteiger partial charge is 0.486 e. The Kier molecular flexibility index (Phi) is 5.59. The van der Waals surface area contributed by atoms with Crippen LogP contribution in [-0.2, 0) is 15.7 Å². The Morgan fingerprint density at radius 1 is 1.14 bits per heavy atom. The summed E-state index contributed by atoms with van der Waals surface area (Å²) < 4.78 is 30.2. The van der Waals surface area contributed by atoms with Crippen molar-refractivity contribution in [3.05, 3.63) is 55.9 Å². The van der Waals surface area contributed by atoms with E-state index in [9.17, 15) is 8.42 Å². The summed E-state index contributed by atoms with van der Waals surface area (Å²) in [5, 5.41) is 0.163. The molecule has 0 N–H and O–H groups in total. The highest BCUT2D eigenvalue weighted by Crippen LogP contribution is 2.37. The van der Waals surface area contributed by atoms with E-state index in [1.165, 1.54) is 6.07 Å². The quantitative estimate of drug-likeness (QED) is 0.559. The molecule has 0 saturated heterocycles. The Labute approximate surface area is 148 Å². The van der Waals surface area contributed by atoms with Crippen molar-refractivity contribution in [3.63, 3.8) is 0 Å². The average molecular weight is 475 g/mol. The molecular weight excluding hydrogens is 467 g/mol. The van der Waals surface area contributed by atoms with Crippen molar-refractivity contribution in [2.75, 3.05) is 0 Å². The van der Waals surface area contributed by atoms with Gasteiger partial charge < -0.3 is 4.74 Å². The number of hydrogen-bond acceptors (Lipinski definition) is 3. The monoisotopic (exact) mass is 472 g/mol. The van der Waals surface area contributed by atoms with Crippen molar-refractivity contribution in [1.29, 1.82) is 0 Å². The fourth-order valence-electron chi connectivity index (χ4n) is 1.62. The zero-order chi connectivity index (χ0) is 15.6. The minimum Gasteiger partial charge on any atom is -0.486 e. The summed E-state index contributed by atoms with van der Waals surface area (Å²) >= 11 is 12.6. The van der Waals surface area contributed by atoms with Gasteiger partial charge in [-0.3, -0.25) is 0 Å². The molecule has 2 rings (SSSR count). The summed E-state index contributed by atoms with van der Waals surface area (Å²) in [6.07, 6.45) is 0. The van der Waals surface area contributed by atoms with Crippen LogP contribution in [0.3, 0.4) is 0 Å². The van der Waals surface area contributed by atoms with E-state index >= 15 is 0 Å². The lowest BCUT2D eigenvalue weighted by molar-refractivity contribution is 0.297. The van der Waals surface area contributed by atoms with Crippen LogP contribution in [0.15, 0.2) is 50.2 Å². The molecule has 0 aliphatic carbocycles. The van der Waals surface area contributed by atoms with Crippen LogP contribution in [0.25, 0.3) is 0 Å². The van der Waals surface area contributed by atoms with Crippen molar-refractivity contribution < 1.29 is 13.2 Å². The standard InChI is InChI=1S/C13H8Br2Cl2O3S/c14-9-5-11(16)13(12(6-9)21(17,18)19)20-7-8-3-1-2-4-10(8)15/h1-6H,7H2. The molecule has 2 aromatic rings. The molecule has 21 heavy (non-hydrogen) atoms. The summed E-state index contributed by atoms with van der Waals surface area (Å²) in [6.45, 7) is 0.155. The third kappa shape index (κ3) is 4.36. The van der Waals surface area contributed by atoms with Gasteiger partial charge in [0.25, 0.3) is 9.05 Å². The fourth-order valence-corrected chi connectivity index (χ4v) is 4.10. The third-order valence-electron chi connectivity index (χ3n) is 2.57. The summed E-state index contributed by atoms with van der Waals surface area (Å²) in [6, 6.07) is 10.3. The summed E-state index contributed by atoms with van der Waals surface area (Å²) in [4.78, 5) is -0.171. The Hall–Kier alpha value is -0.270. The molecule has 0 aliphatic rings. The Morgan fingerprint density at radius 2 is 1.81 bits per heavy atom. The fraction of sp³-hybridized carbons (Fsp3) is 0.0769. The predicted octanol–water partition coefficient (Wildman–Crippen LogP) is 5.37. The van der Waals surface area contributed by atoms with Crippen LogP contribution in [0.1, 0.15) is 5.56 Å². The van der Waals surface area contributed by atoms with E-state index in [4.69, 9.17) is 27.0 Å². The van der Waals surface area contributed by atoms with Crippen LogP contribution in [0.4, 0.5) is 0 Å². The lowest BCUT2D eigenvalue weighted by atomic mass is 10.2. The van der Waals surface area contributed by atoms with Crippen molar-refractivity contribution in [3.8, 4) is 5.75 Å². The van der Waals surface area contributed by atoms with Crippen LogP contribution >= 0.6 is 54.1 Å². The molecule has 0 amide bonds. The Bertz CT molecular complexity index is 779. The number of rotatable bonds is 4. The van der Waals surface area contributed by atoms with Gasteiger partial charge in [0.1, 0.15) is 11.5 Å². The van der Waals surface area contributed by atoms with Gasteiger partial charge in [-0.15, -0.1) is 0 Å². The lowest BCUT2D eigenvalue weighted by Gasteiger charge is -2.13. The van der Waals surface area contributed by atoms with Crippen molar-refractivity contribution >= 4 is 63.2 Å². The Balaban J connectivity index is 2.39. The van der Waals surface area contributed by atoms with Crippen molar-refractivity contribution in [2.45, 2.75) is 11.5 Å². The molecule has 3 nitrogen and oxygen atoms in total. The molecule has 0 unspecified atom stereocenters. The maximum absolute atomic E-state index is 11.6. The molecular formula is C13H8Br2Cl2O3S. The first kappa shape index (κ1) is 17.1. The summed E-state index contributed by atoms with van der Waals surface area (Å²) in [5.41, 5.74) is 0.856. The number of ether oxygens (including phenoxy) is 1. The molecule has 2 aromatic carbocycles. The molecule has 0 aromatic heterocycles. The van der Waals surface area contributed by atoms with Gasteiger partial charge in [-0.2, -0.15) is 0 Å². The molecule has 0 spiro atoms. The molecule has 0 aliphatic heterocycles. The molecule has 8 heteroatoms. The van der Waals surface area contributed by atoms with Gasteiger partial charge in [0.2, 0.25) is 0 Å². The van der Waals surface area contributed by atoms with Gasteiger partial charge in [0.05, 0.1) is 5.02 Å². The highest BCUT2D eigenvalue weighted by atomic mass is 79.9. The van der Waals surface area contributed by atoms with E-state index in [1.807, 2.05) is 24.3 Å². The minimum atomic E-state index is -3.97. The first-order chi connectivity index (χ1) is 9.79. The zero-order valence-corrected chi connectivity index (χ0v) is 15.8. The van der Waals surface area contributed by atoms with E-state index in [2.05, 4.69) is 31.9 Å². The lowest BCUT2D eigenvalue weighted by Crippen LogP contribution is -2.02. The van der Waals surface area contributed by atoms with Gasteiger partial charge in [0, 0.05) is 25.2 Å². The summed E-state index contributed by atoms with van der Waals surface area (Å²) in [7, 11) is 1.45. The highest BCUT2D eigenvalue weighted by molar-refractivity contribution is 9.10. The SMILES string of the molecule is O=S(=O)(Cl)c1cc(Br)cc(Cl)c1OCc1ccccc1Br. The van der Waals surface area contributed by atoms with E-state index < -0.39 is 9.05 Å². The third-order valence-corrected chi connectivity index (χ3v) is 5.41. The topological polar surface area (TPSA) is 43.4 Å². The zero-order valence-electron chi connectivity index (χ0n) is 10.3. The molecule has 112 valence electrons. The number of benzene rings is 2. The van der Waals surface area contributed by atoms with Gasteiger partial charge in [-0.1, -0.05) is 61.7 Å². The maximum atomic E-state index is 11.6. The smallest absolute Gasteiger partial charge is 0.265 e.